The number of hydrogen-bond acceptors (Lipinski definition) is 4. The Kier molecular flexibility index (Phi) is 4.98. The number of pyridine rings is 1. The van der Waals surface area contributed by atoms with Crippen LogP contribution in [0.25, 0.3) is 0 Å². The van der Waals surface area contributed by atoms with Crippen molar-refractivity contribution in [1.82, 2.24) is 10.3 Å². The standard InChI is InChI=1S/C23H19ClF2N4O2/c1-12-6-21-18(28-22(12)31)4-5-27-10-13-7-14(25)2-3-19(13)29-11-30(21)23(32)15-8-16(24)17(26)9-20(15)29/h2-3,6-9,27H,4-5,10-11H2,1H3,(H,28,31). The minimum Gasteiger partial charge on any atom is -0.324 e. The van der Waals surface area contributed by atoms with E-state index in [1.807, 2.05) is 0 Å². The Labute approximate surface area is 187 Å². The number of aryl methyl sites for hydroxylation is 1. The van der Waals surface area contributed by atoms with E-state index in [9.17, 15) is 18.4 Å². The molecule has 0 unspecified atom stereocenters. The van der Waals surface area contributed by atoms with Crippen LogP contribution in [0.2, 0.25) is 5.02 Å². The fraction of sp³-hybridized carbons (Fsp3) is 0.217. The SMILES string of the molecule is Cc1cc2c([nH]c1=O)CCNCc1cc(F)ccc1N1CN2C(=O)c2cc(Cl)c(F)cc21. The third-order valence-corrected chi connectivity index (χ3v) is 6.15. The van der Waals surface area contributed by atoms with Crippen molar-refractivity contribution in [3.05, 3.63) is 85.8 Å². The number of aromatic amines is 1. The monoisotopic (exact) mass is 456 g/mol. The van der Waals surface area contributed by atoms with Gasteiger partial charge in [-0.1, -0.05) is 11.6 Å². The molecule has 9 heteroatoms. The number of halogens is 3. The summed E-state index contributed by atoms with van der Waals surface area (Å²) in [5.41, 5.74) is 3.29. The second-order valence-corrected chi connectivity index (χ2v) is 8.34. The van der Waals surface area contributed by atoms with E-state index in [4.69, 9.17) is 11.6 Å². The summed E-state index contributed by atoms with van der Waals surface area (Å²) in [6.45, 7) is 2.59. The van der Waals surface area contributed by atoms with Crippen LogP contribution >= 0.6 is 11.6 Å². The van der Waals surface area contributed by atoms with Crippen LogP contribution in [0.4, 0.5) is 25.8 Å². The number of anilines is 3. The molecule has 6 nitrogen and oxygen atoms in total. The number of nitrogens with zero attached hydrogens (tertiary/aromatic N) is 2. The van der Waals surface area contributed by atoms with Gasteiger partial charge in [-0.3, -0.25) is 14.5 Å². The molecule has 0 radical (unpaired) electrons. The first kappa shape index (κ1) is 20.7. The van der Waals surface area contributed by atoms with Crippen LogP contribution in [-0.4, -0.2) is 24.1 Å². The van der Waals surface area contributed by atoms with E-state index < -0.39 is 11.6 Å². The highest BCUT2D eigenvalue weighted by Crippen LogP contribution is 2.40. The van der Waals surface area contributed by atoms with E-state index in [-0.39, 0.29) is 28.7 Å². The molecular weight excluding hydrogens is 438 g/mol. The van der Waals surface area contributed by atoms with E-state index in [0.717, 1.165) is 0 Å². The van der Waals surface area contributed by atoms with Crippen LogP contribution in [0.5, 0.6) is 0 Å². The Hall–Kier alpha value is -3.23. The summed E-state index contributed by atoms with van der Waals surface area (Å²) in [5, 5.41) is 3.10. The van der Waals surface area contributed by atoms with Crippen LogP contribution in [0, 0.1) is 18.6 Å². The van der Waals surface area contributed by atoms with Crippen molar-refractivity contribution in [3.8, 4) is 0 Å². The number of carbonyl (C=O) groups excluding carboxylic acids is 1. The van der Waals surface area contributed by atoms with Crippen LogP contribution in [0.3, 0.4) is 0 Å². The zero-order valence-corrected chi connectivity index (χ0v) is 17.9. The van der Waals surface area contributed by atoms with E-state index in [1.54, 1.807) is 24.0 Å². The highest BCUT2D eigenvalue weighted by atomic mass is 35.5. The number of H-pyrrole nitrogens is 1. The van der Waals surface area contributed by atoms with Gasteiger partial charge in [-0.2, -0.15) is 0 Å². The fourth-order valence-corrected chi connectivity index (χ4v) is 4.40. The second kappa shape index (κ2) is 7.72. The van der Waals surface area contributed by atoms with Crippen molar-refractivity contribution in [3.63, 3.8) is 0 Å². The molecule has 2 N–H and O–H groups in total. The molecule has 0 saturated carbocycles. The highest BCUT2D eigenvalue weighted by Gasteiger charge is 2.34. The second-order valence-electron chi connectivity index (χ2n) is 7.93. The summed E-state index contributed by atoms with van der Waals surface area (Å²) in [5.74, 6) is -1.40. The van der Waals surface area contributed by atoms with E-state index in [2.05, 4.69) is 10.3 Å². The predicted octanol–water partition coefficient (Wildman–Crippen LogP) is 4.02. The molecule has 0 atom stereocenters. The van der Waals surface area contributed by atoms with Gasteiger partial charge in [0.25, 0.3) is 11.5 Å². The average Bonchev–Trinajstić information content (AvgIpc) is 2.78. The van der Waals surface area contributed by atoms with Gasteiger partial charge >= 0.3 is 0 Å². The van der Waals surface area contributed by atoms with E-state index >= 15 is 0 Å². The number of fused-ring (bicyclic) bond motifs is 8. The third kappa shape index (κ3) is 3.36. The lowest BCUT2D eigenvalue weighted by Gasteiger charge is -2.39. The molecule has 2 aromatic carbocycles. The van der Waals surface area contributed by atoms with Gasteiger partial charge in [0.2, 0.25) is 0 Å². The van der Waals surface area contributed by atoms with Gasteiger partial charge in [0.1, 0.15) is 18.3 Å². The number of amides is 1. The zero-order chi connectivity index (χ0) is 22.6. The van der Waals surface area contributed by atoms with Crippen molar-refractivity contribution >= 4 is 34.6 Å². The Morgan fingerprint density at radius 2 is 1.81 bits per heavy atom. The first-order valence-electron chi connectivity index (χ1n) is 10.1. The maximum atomic E-state index is 14.4. The summed E-state index contributed by atoms with van der Waals surface area (Å²) >= 11 is 6.02. The van der Waals surface area contributed by atoms with Crippen molar-refractivity contribution in [2.75, 3.05) is 23.0 Å². The van der Waals surface area contributed by atoms with Gasteiger partial charge in [0.15, 0.2) is 0 Å². The maximum absolute atomic E-state index is 14.4. The molecule has 3 aromatic rings. The van der Waals surface area contributed by atoms with Crippen LogP contribution < -0.4 is 20.7 Å². The van der Waals surface area contributed by atoms with Gasteiger partial charge < -0.3 is 15.2 Å². The lowest BCUT2D eigenvalue weighted by atomic mass is 10.0. The molecule has 2 bridgehead atoms. The molecule has 0 spiro atoms. The van der Waals surface area contributed by atoms with Crippen molar-refractivity contribution in [1.29, 1.82) is 0 Å². The highest BCUT2D eigenvalue weighted by molar-refractivity contribution is 6.31. The van der Waals surface area contributed by atoms with Gasteiger partial charge in [-0.25, -0.2) is 8.78 Å². The Balaban J connectivity index is 1.79. The molecule has 2 aliphatic rings. The van der Waals surface area contributed by atoms with Gasteiger partial charge in [0, 0.05) is 36.5 Å². The molecule has 32 heavy (non-hydrogen) atoms. The molecule has 1 amide bonds. The first-order chi connectivity index (χ1) is 15.3. The van der Waals surface area contributed by atoms with Crippen molar-refractivity contribution in [2.24, 2.45) is 0 Å². The van der Waals surface area contributed by atoms with Crippen LogP contribution in [-0.2, 0) is 13.0 Å². The van der Waals surface area contributed by atoms with Gasteiger partial charge in [-0.15, -0.1) is 0 Å². The molecule has 1 aromatic heterocycles. The van der Waals surface area contributed by atoms with E-state index in [0.29, 0.717) is 53.4 Å². The molecule has 0 aliphatic carbocycles. The number of rotatable bonds is 0. The number of hydrogen-bond donors (Lipinski definition) is 2. The average molecular weight is 457 g/mol. The lowest BCUT2D eigenvalue weighted by Crippen LogP contribution is -2.46. The number of benzene rings is 2. The Bertz CT molecular complexity index is 1320. The molecule has 2 aliphatic heterocycles. The number of aromatic nitrogens is 1. The lowest BCUT2D eigenvalue weighted by molar-refractivity contribution is 0.0983. The summed E-state index contributed by atoms with van der Waals surface area (Å²) in [7, 11) is 0. The molecule has 0 fully saturated rings. The molecule has 3 heterocycles. The van der Waals surface area contributed by atoms with Crippen LogP contribution in [0.1, 0.15) is 27.2 Å². The summed E-state index contributed by atoms with van der Waals surface area (Å²) < 4.78 is 28.5. The molecule has 0 saturated heterocycles. The smallest absolute Gasteiger partial charge is 0.262 e. The largest absolute Gasteiger partial charge is 0.324 e. The summed E-state index contributed by atoms with van der Waals surface area (Å²) in [6.07, 6.45) is 0.455. The van der Waals surface area contributed by atoms with Gasteiger partial charge in [0.05, 0.1) is 22.0 Å². The van der Waals surface area contributed by atoms with Crippen molar-refractivity contribution in [2.45, 2.75) is 19.9 Å². The quantitative estimate of drug-likeness (QED) is 0.536. The molecule has 164 valence electrons. The molecular formula is C23H19ClF2N4O2. The maximum Gasteiger partial charge on any atom is 0.262 e. The topological polar surface area (TPSA) is 68.4 Å². The fourth-order valence-electron chi connectivity index (χ4n) is 4.23. The third-order valence-electron chi connectivity index (χ3n) is 5.86. The molecule has 5 rings (SSSR count). The number of nitrogens with one attached hydrogen (secondary N) is 2. The Morgan fingerprint density at radius 3 is 2.62 bits per heavy atom. The predicted molar refractivity (Wildman–Crippen MR) is 119 cm³/mol. The minimum absolute atomic E-state index is 0.0595. The van der Waals surface area contributed by atoms with Crippen molar-refractivity contribution < 1.29 is 13.6 Å². The summed E-state index contributed by atoms with van der Waals surface area (Å²) in [6, 6.07) is 8.60. The Morgan fingerprint density at radius 1 is 1.00 bits per heavy atom. The zero-order valence-electron chi connectivity index (χ0n) is 17.1. The number of carbonyl (C=O) groups is 1. The van der Waals surface area contributed by atoms with Gasteiger partial charge in [-0.05, 0) is 48.9 Å². The van der Waals surface area contributed by atoms with Crippen LogP contribution in [0.15, 0.2) is 41.2 Å². The first-order valence-corrected chi connectivity index (χ1v) is 10.5. The minimum atomic E-state index is -0.650. The normalized spacial score (nSPS) is 15.6. The summed E-state index contributed by atoms with van der Waals surface area (Å²) in [4.78, 5) is 32.0. The van der Waals surface area contributed by atoms with E-state index in [1.165, 1.54) is 29.2 Å².